The molecule has 66 valence electrons. The summed E-state index contributed by atoms with van der Waals surface area (Å²) in [5, 5.41) is 0. The predicted octanol–water partition coefficient (Wildman–Crippen LogP) is 2.67. The molecule has 2 rings (SSSR count). The Kier molecular flexibility index (Phi) is 1.77. The van der Waals surface area contributed by atoms with Crippen LogP contribution >= 0.6 is 0 Å². The molecule has 0 amide bonds. The van der Waals surface area contributed by atoms with Gasteiger partial charge >= 0.3 is 0 Å². The van der Waals surface area contributed by atoms with Crippen molar-refractivity contribution in [3.8, 4) is 11.3 Å². The topological polar surface area (TPSA) is 39.2 Å². The molecule has 2 N–H and O–H groups in total. The molecule has 0 saturated carbocycles. The van der Waals surface area contributed by atoms with Crippen molar-refractivity contribution in [2.75, 3.05) is 5.73 Å². The monoisotopic (exact) mass is 177 g/mol. The number of hydrogen-bond acceptors (Lipinski definition) is 2. The summed E-state index contributed by atoms with van der Waals surface area (Å²) in [6.45, 7) is 0. The van der Waals surface area contributed by atoms with Gasteiger partial charge in [0.2, 0.25) is 0 Å². The number of nitrogen functional groups attached to an aromatic ring is 1. The van der Waals surface area contributed by atoms with Crippen molar-refractivity contribution in [1.82, 2.24) is 0 Å². The fourth-order valence-electron chi connectivity index (χ4n) is 1.20. The van der Waals surface area contributed by atoms with Gasteiger partial charge in [-0.2, -0.15) is 0 Å². The summed E-state index contributed by atoms with van der Waals surface area (Å²) in [6.07, 6.45) is 1.54. The summed E-state index contributed by atoms with van der Waals surface area (Å²) in [4.78, 5) is 0. The Labute approximate surface area is 74.8 Å². The van der Waals surface area contributed by atoms with Crippen LogP contribution in [0.15, 0.2) is 41.0 Å². The lowest BCUT2D eigenvalue weighted by molar-refractivity contribution is 0.580. The Hall–Kier alpha value is -1.77. The van der Waals surface area contributed by atoms with E-state index in [1.54, 1.807) is 18.2 Å². The van der Waals surface area contributed by atoms with Crippen LogP contribution in [0.3, 0.4) is 0 Å². The zero-order valence-corrected chi connectivity index (χ0v) is 6.83. The quantitative estimate of drug-likeness (QED) is 0.680. The van der Waals surface area contributed by atoms with Crippen LogP contribution in [0.1, 0.15) is 0 Å². The van der Waals surface area contributed by atoms with E-state index in [4.69, 9.17) is 10.2 Å². The first-order chi connectivity index (χ1) is 6.25. The standard InChI is InChI=1S/C10H8FNO/c11-8-4-7(5-9(12)6-8)10-2-1-3-13-10/h1-6H,12H2. The lowest BCUT2D eigenvalue weighted by Gasteiger charge is -1.99. The molecule has 0 unspecified atom stereocenters. The van der Waals surface area contributed by atoms with E-state index in [-0.39, 0.29) is 5.82 Å². The van der Waals surface area contributed by atoms with Crippen molar-refractivity contribution < 1.29 is 8.81 Å². The van der Waals surface area contributed by atoms with Crippen LogP contribution in [0.4, 0.5) is 10.1 Å². The molecule has 0 aliphatic rings. The molecule has 0 bridgehead atoms. The van der Waals surface area contributed by atoms with Crippen LogP contribution in [0, 0.1) is 5.82 Å². The van der Waals surface area contributed by atoms with Crippen LogP contribution in [0.2, 0.25) is 0 Å². The number of nitrogens with two attached hydrogens (primary N) is 1. The van der Waals surface area contributed by atoms with Gasteiger partial charge in [0, 0.05) is 11.3 Å². The largest absolute Gasteiger partial charge is 0.464 e. The molecule has 1 aromatic carbocycles. The van der Waals surface area contributed by atoms with Gasteiger partial charge in [0.1, 0.15) is 11.6 Å². The van der Waals surface area contributed by atoms with Crippen LogP contribution in [-0.4, -0.2) is 0 Å². The van der Waals surface area contributed by atoms with Gasteiger partial charge in [0.15, 0.2) is 0 Å². The van der Waals surface area contributed by atoms with Crippen molar-refractivity contribution in [1.29, 1.82) is 0 Å². The van der Waals surface area contributed by atoms with E-state index >= 15 is 0 Å². The molecule has 0 fully saturated rings. The second-order valence-corrected chi connectivity index (χ2v) is 2.75. The molecule has 3 heteroatoms. The molecule has 1 aromatic heterocycles. The third-order valence-corrected chi connectivity index (χ3v) is 1.73. The van der Waals surface area contributed by atoms with Crippen molar-refractivity contribution in [2.24, 2.45) is 0 Å². The van der Waals surface area contributed by atoms with Crippen molar-refractivity contribution >= 4 is 5.69 Å². The highest BCUT2D eigenvalue weighted by molar-refractivity contribution is 5.62. The minimum absolute atomic E-state index is 0.355. The van der Waals surface area contributed by atoms with E-state index in [1.165, 1.54) is 18.4 Å². The molecule has 0 spiro atoms. The average molecular weight is 177 g/mol. The fourth-order valence-corrected chi connectivity index (χ4v) is 1.20. The molecular formula is C10H8FNO. The summed E-state index contributed by atoms with van der Waals surface area (Å²) in [7, 11) is 0. The SMILES string of the molecule is Nc1cc(F)cc(-c2ccco2)c1. The van der Waals surface area contributed by atoms with E-state index in [2.05, 4.69) is 0 Å². The lowest BCUT2D eigenvalue weighted by atomic mass is 10.1. The maximum Gasteiger partial charge on any atom is 0.134 e. The van der Waals surface area contributed by atoms with Gasteiger partial charge in [-0.3, -0.25) is 0 Å². The lowest BCUT2D eigenvalue weighted by Crippen LogP contribution is -1.87. The minimum Gasteiger partial charge on any atom is -0.464 e. The van der Waals surface area contributed by atoms with Crippen LogP contribution in [-0.2, 0) is 0 Å². The summed E-state index contributed by atoms with van der Waals surface area (Å²) >= 11 is 0. The highest BCUT2D eigenvalue weighted by Gasteiger charge is 2.02. The van der Waals surface area contributed by atoms with Gasteiger partial charge in [-0.1, -0.05) is 0 Å². The fraction of sp³-hybridized carbons (Fsp3) is 0. The Morgan fingerprint density at radius 2 is 2.08 bits per heavy atom. The third-order valence-electron chi connectivity index (χ3n) is 1.73. The van der Waals surface area contributed by atoms with Crippen LogP contribution < -0.4 is 5.73 Å². The van der Waals surface area contributed by atoms with Gasteiger partial charge < -0.3 is 10.2 Å². The van der Waals surface area contributed by atoms with Crippen LogP contribution in [0.5, 0.6) is 0 Å². The summed E-state index contributed by atoms with van der Waals surface area (Å²) in [5.41, 5.74) is 6.53. The van der Waals surface area contributed by atoms with Crippen molar-refractivity contribution in [3.63, 3.8) is 0 Å². The zero-order chi connectivity index (χ0) is 9.26. The highest BCUT2D eigenvalue weighted by Crippen LogP contribution is 2.23. The van der Waals surface area contributed by atoms with E-state index in [9.17, 15) is 4.39 Å². The molecular weight excluding hydrogens is 169 g/mol. The molecule has 0 aliphatic carbocycles. The number of rotatable bonds is 1. The number of hydrogen-bond donors (Lipinski definition) is 1. The Balaban J connectivity index is 2.53. The molecule has 0 atom stereocenters. The molecule has 2 nitrogen and oxygen atoms in total. The average Bonchev–Trinajstić information content (AvgIpc) is 2.53. The second-order valence-electron chi connectivity index (χ2n) is 2.75. The molecule has 2 aromatic rings. The molecule has 0 saturated heterocycles. The maximum absolute atomic E-state index is 12.9. The Bertz CT molecular complexity index is 389. The van der Waals surface area contributed by atoms with Crippen molar-refractivity contribution in [3.05, 3.63) is 42.4 Å². The van der Waals surface area contributed by atoms with Crippen LogP contribution in [0.25, 0.3) is 11.3 Å². The normalized spacial score (nSPS) is 10.2. The summed E-state index contributed by atoms with van der Waals surface area (Å²) in [5.74, 6) is 0.262. The Morgan fingerprint density at radius 3 is 2.69 bits per heavy atom. The predicted molar refractivity (Wildman–Crippen MR) is 48.5 cm³/mol. The third kappa shape index (κ3) is 1.54. The van der Waals surface area contributed by atoms with E-state index < -0.39 is 0 Å². The first kappa shape index (κ1) is 7.86. The van der Waals surface area contributed by atoms with Gasteiger partial charge in [0.05, 0.1) is 6.26 Å². The molecule has 0 aliphatic heterocycles. The Morgan fingerprint density at radius 1 is 1.23 bits per heavy atom. The number of benzene rings is 1. The van der Waals surface area contributed by atoms with Crippen molar-refractivity contribution in [2.45, 2.75) is 0 Å². The van der Waals surface area contributed by atoms with Gasteiger partial charge in [-0.05, 0) is 30.3 Å². The first-order valence-corrected chi connectivity index (χ1v) is 3.85. The van der Waals surface area contributed by atoms with Gasteiger partial charge in [0.25, 0.3) is 0 Å². The second kappa shape index (κ2) is 2.94. The number of halogens is 1. The zero-order valence-electron chi connectivity index (χ0n) is 6.83. The highest BCUT2D eigenvalue weighted by atomic mass is 19.1. The van der Waals surface area contributed by atoms with E-state index in [1.807, 2.05) is 0 Å². The summed E-state index contributed by atoms with van der Waals surface area (Å²) < 4.78 is 18.0. The molecule has 1 heterocycles. The molecule has 13 heavy (non-hydrogen) atoms. The maximum atomic E-state index is 12.9. The van der Waals surface area contributed by atoms with Gasteiger partial charge in [-0.25, -0.2) is 4.39 Å². The first-order valence-electron chi connectivity index (χ1n) is 3.85. The van der Waals surface area contributed by atoms with E-state index in [0.717, 1.165) is 0 Å². The summed E-state index contributed by atoms with van der Waals surface area (Å²) in [6, 6.07) is 7.83. The molecule has 0 radical (unpaired) electrons. The smallest absolute Gasteiger partial charge is 0.134 e. The number of anilines is 1. The minimum atomic E-state index is -0.355. The van der Waals surface area contributed by atoms with Gasteiger partial charge in [-0.15, -0.1) is 0 Å². The number of furan rings is 1. The van der Waals surface area contributed by atoms with E-state index in [0.29, 0.717) is 17.0 Å².